The first-order chi connectivity index (χ1) is 14.9. The van der Waals surface area contributed by atoms with Gasteiger partial charge in [0.1, 0.15) is 17.1 Å². The Morgan fingerprint density at radius 2 is 1.77 bits per heavy atom. The van der Waals surface area contributed by atoms with Crippen LogP contribution >= 0.6 is 0 Å². The van der Waals surface area contributed by atoms with E-state index in [1.54, 1.807) is 19.2 Å². The van der Waals surface area contributed by atoms with E-state index in [0.29, 0.717) is 5.69 Å². The van der Waals surface area contributed by atoms with Crippen molar-refractivity contribution < 1.29 is 14.3 Å². The first-order valence-electron chi connectivity index (χ1n) is 10.2. The average molecular weight is 412 g/mol. The molecule has 1 amide bonds. The minimum absolute atomic E-state index is 0.197. The number of nitrogens with one attached hydrogen (secondary N) is 1. The molecule has 0 bridgehead atoms. The summed E-state index contributed by atoms with van der Waals surface area (Å²) in [6, 6.07) is 21.5. The van der Waals surface area contributed by atoms with Crippen LogP contribution in [0.5, 0.6) is 11.5 Å². The van der Waals surface area contributed by atoms with Gasteiger partial charge in [-0.3, -0.25) is 4.79 Å². The van der Waals surface area contributed by atoms with E-state index in [1.165, 1.54) is 6.08 Å². The van der Waals surface area contributed by atoms with Gasteiger partial charge in [0.15, 0.2) is 0 Å². The molecule has 0 aromatic heterocycles. The van der Waals surface area contributed by atoms with Crippen LogP contribution in [0.4, 0.5) is 5.69 Å². The third-order valence-corrected chi connectivity index (χ3v) is 5.04. The number of hydrogen-bond donors (Lipinski definition) is 1. The summed E-state index contributed by atoms with van der Waals surface area (Å²) in [5, 5.41) is 2.86. The number of amides is 1. The third kappa shape index (κ3) is 4.86. The topological polar surface area (TPSA) is 47.6 Å². The normalized spacial score (nSPS) is 14.0. The molecule has 0 spiro atoms. The fourth-order valence-electron chi connectivity index (χ4n) is 3.46. The minimum Gasteiger partial charge on any atom is -0.497 e. The van der Waals surface area contributed by atoms with Crippen molar-refractivity contribution in [3.8, 4) is 22.6 Å². The molecule has 0 fully saturated rings. The summed E-state index contributed by atoms with van der Waals surface area (Å²) < 4.78 is 11.4. The van der Waals surface area contributed by atoms with E-state index in [2.05, 4.69) is 29.6 Å². The molecule has 4 nitrogen and oxygen atoms in total. The molecule has 0 saturated heterocycles. The molecule has 1 aliphatic rings. The number of rotatable bonds is 5. The second-order valence-electron chi connectivity index (χ2n) is 7.94. The van der Waals surface area contributed by atoms with Crippen molar-refractivity contribution in [2.45, 2.75) is 19.4 Å². The molecule has 3 aromatic carbocycles. The number of anilines is 1. The third-order valence-electron chi connectivity index (χ3n) is 5.04. The summed E-state index contributed by atoms with van der Waals surface area (Å²) in [5.74, 6) is 1.41. The maximum Gasteiger partial charge on any atom is 0.248 e. The van der Waals surface area contributed by atoms with Crippen molar-refractivity contribution in [2.75, 3.05) is 12.4 Å². The Bertz CT molecular complexity index is 1140. The monoisotopic (exact) mass is 411 g/mol. The van der Waals surface area contributed by atoms with Gasteiger partial charge in [-0.15, -0.1) is 0 Å². The van der Waals surface area contributed by atoms with Gasteiger partial charge in [0.25, 0.3) is 0 Å². The van der Waals surface area contributed by atoms with Crippen LogP contribution in [0.25, 0.3) is 23.3 Å². The van der Waals surface area contributed by atoms with Gasteiger partial charge in [0.2, 0.25) is 5.91 Å². The number of carbonyl (C=O) groups excluding carboxylic acids is 1. The van der Waals surface area contributed by atoms with E-state index in [1.807, 2.05) is 62.4 Å². The van der Waals surface area contributed by atoms with Gasteiger partial charge in [0.05, 0.1) is 7.11 Å². The van der Waals surface area contributed by atoms with Gasteiger partial charge in [-0.25, -0.2) is 0 Å². The lowest BCUT2D eigenvalue weighted by atomic mass is 9.94. The van der Waals surface area contributed by atoms with Gasteiger partial charge in [-0.1, -0.05) is 36.4 Å². The molecule has 0 radical (unpaired) electrons. The summed E-state index contributed by atoms with van der Waals surface area (Å²) in [4.78, 5) is 12.4. The van der Waals surface area contributed by atoms with Crippen LogP contribution in [0.15, 0.2) is 78.9 Å². The second kappa shape index (κ2) is 8.52. The average Bonchev–Trinajstić information content (AvgIpc) is 2.78. The molecule has 4 heteroatoms. The smallest absolute Gasteiger partial charge is 0.248 e. The number of benzene rings is 3. The quantitative estimate of drug-likeness (QED) is 0.509. The lowest BCUT2D eigenvalue weighted by molar-refractivity contribution is -0.111. The molecule has 1 heterocycles. The summed E-state index contributed by atoms with van der Waals surface area (Å²) in [5.41, 5.74) is 4.34. The highest BCUT2D eigenvalue weighted by atomic mass is 16.5. The zero-order valence-corrected chi connectivity index (χ0v) is 17.9. The number of methoxy groups -OCH3 is 1. The van der Waals surface area contributed by atoms with Crippen molar-refractivity contribution in [1.29, 1.82) is 0 Å². The molecular formula is C27H25NO3. The van der Waals surface area contributed by atoms with Crippen LogP contribution in [-0.2, 0) is 4.79 Å². The van der Waals surface area contributed by atoms with Gasteiger partial charge >= 0.3 is 0 Å². The van der Waals surface area contributed by atoms with Gasteiger partial charge in [-0.2, -0.15) is 0 Å². The fraction of sp³-hybridized carbons (Fsp3) is 0.148. The predicted molar refractivity (Wildman–Crippen MR) is 126 cm³/mol. The highest BCUT2D eigenvalue weighted by Crippen LogP contribution is 2.40. The number of hydrogen-bond acceptors (Lipinski definition) is 3. The molecule has 1 aliphatic heterocycles. The zero-order valence-electron chi connectivity index (χ0n) is 17.9. The Balaban J connectivity index is 1.62. The highest BCUT2D eigenvalue weighted by Gasteiger charge is 2.24. The first kappa shape index (κ1) is 20.5. The van der Waals surface area contributed by atoms with Crippen LogP contribution in [0.3, 0.4) is 0 Å². The Hall–Kier alpha value is -3.79. The van der Waals surface area contributed by atoms with Crippen molar-refractivity contribution in [2.24, 2.45) is 0 Å². The summed E-state index contributed by atoms with van der Waals surface area (Å²) in [6.07, 6.45) is 7.49. The summed E-state index contributed by atoms with van der Waals surface area (Å²) in [7, 11) is 1.61. The van der Waals surface area contributed by atoms with Crippen LogP contribution < -0.4 is 14.8 Å². The maximum absolute atomic E-state index is 12.4. The molecule has 1 N–H and O–H groups in total. The zero-order chi connectivity index (χ0) is 21.8. The molecule has 0 unspecified atom stereocenters. The van der Waals surface area contributed by atoms with Crippen molar-refractivity contribution in [3.63, 3.8) is 0 Å². The first-order valence-corrected chi connectivity index (χ1v) is 10.2. The van der Waals surface area contributed by atoms with Gasteiger partial charge < -0.3 is 14.8 Å². The van der Waals surface area contributed by atoms with Crippen LogP contribution in [0.1, 0.15) is 25.0 Å². The number of ether oxygens (including phenoxy) is 2. The largest absolute Gasteiger partial charge is 0.497 e. The van der Waals surface area contributed by atoms with E-state index < -0.39 is 0 Å². The molecule has 4 rings (SSSR count). The van der Waals surface area contributed by atoms with E-state index in [9.17, 15) is 4.79 Å². The molecule has 0 atom stereocenters. The standard InChI is InChI=1S/C27H25NO3/c1-27(2)16-15-21-17-19(18-24(26(21)31-27)20-7-5-4-6-8-20)9-14-25(29)28-22-10-12-23(30-3)13-11-22/h4-18H,1-3H3,(H,28,29)/b14-9+. The Kier molecular flexibility index (Phi) is 5.63. The Morgan fingerprint density at radius 3 is 2.48 bits per heavy atom. The molecule has 156 valence electrons. The van der Waals surface area contributed by atoms with Crippen LogP contribution in [-0.4, -0.2) is 18.6 Å². The highest BCUT2D eigenvalue weighted by molar-refractivity contribution is 6.02. The SMILES string of the molecule is COc1ccc(NC(=O)/C=C/c2cc3c(c(-c4ccccc4)c2)OC(C)(C)C=C3)cc1. The summed E-state index contributed by atoms with van der Waals surface area (Å²) >= 11 is 0. The predicted octanol–water partition coefficient (Wildman–Crippen LogP) is 6.20. The Labute approximate surface area is 182 Å². The van der Waals surface area contributed by atoms with Crippen molar-refractivity contribution in [3.05, 3.63) is 90.0 Å². The van der Waals surface area contributed by atoms with E-state index >= 15 is 0 Å². The Morgan fingerprint density at radius 1 is 1.03 bits per heavy atom. The summed E-state index contributed by atoms with van der Waals surface area (Å²) in [6.45, 7) is 4.08. The van der Waals surface area contributed by atoms with Crippen molar-refractivity contribution in [1.82, 2.24) is 0 Å². The molecule has 0 aliphatic carbocycles. The number of carbonyl (C=O) groups is 1. The lowest BCUT2D eigenvalue weighted by Gasteiger charge is -2.30. The van der Waals surface area contributed by atoms with Crippen LogP contribution in [0.2, 0.25) is 0 Å². The molecule has 3 aromatic rings. The van der Waals surface area contributed by atoms with Gasteiger partial charge in [0, 0.05) is 22.9 Å². The maximum atomic E-state index is 12.4. The number of fused-ring (bicyclic) bond motifs is 1. The minimum atomic E-state index is -0.369. The molecular weight excluding hydrogens is 386 g/mol. The molecule has 31 heavy (non-hydrogen) atoms. The van der Waals surface area contributed by atoms with E-state index in [-0.39, 0.29) is 11.5 Å². The van der Waals surface area contributed by atoms with Gasteiger partial charge in [-0.05, 0) is 73.5 Å². The second-order valence-corrected chi connectivity index (χ2v) is 7.94. The van der Waals surface area contributed by atoms with Crippen molar-refractivity contribution >= 4 is 23.7 Å². The molecule has 0 saturated carbocycles. The van der Waals surface area contributed by atoms with Crippen LogP contribution in [0, 0.1) is 0 Å². The van der Waals surface area contributed by atoms with E-state index in [0.717, 1.165) is 33.8 Å². The fourth-order valence-corrected chi connectivity index (χ4v) is 3.46. The lowest BCUT2D eigenvalue weighted by Crippen LogP contribution is -2.27. The van der Waals surface area contributed by atoms with E-state index in [4.69, 9.17) is 9.47 Å².